The average molecular weight is 303 g/mol. The number of carbonyl (C=O) groups excluding carboxylic acids is 1. The summed E-state index contributed by atoms with van der Waals surface area (Å²) in [4.78, 5) is 18.8. The van der Waals surface area contributed by atoms with Crippen molar-refractivity contribution >= 4 is 16.9 Å². The zero-order valence-corrected chi connectivity index (χ0v) is 12.7. The molecule has 2 aromatic rings. The number of imidazole rings is 1. The second-order valence-corrected chi connectivity index (χ2v) is 5.46. The quantitative estimate of drug-likeness (QED) is 0.925. The summed E-state index contributed by atoms with van der Waals surface area (Å²) in [6, 6.07) is 7.66. The van der Waals surface area contributed by atoms with Gasteiger partial charge in [-0.15, -0.1) is 0 Å². The largest absolute Gasteiger partial charge is 0.385 e. The number of aliphatic hydroxyl groups excluding tert-OH is 1. The van der Waals surface area contributed by atoms with Crippen molar-refractivity contribution in [3.63, 3.8) is 0 Å². The molecule has 0 spiro atoms. The van der Waals surface area contributed by atoms with E-state index in [1.54, 1.807) is 4.90 Å². The number of rotatable bonds is 4. The summed E-state index contributed by atoms with van der Waals surface area (Å²) in [6.07, 6.45) is -0.0976. The van der Waals surface area contributed by atoms with Crippen LogP contribution in [0.25, 0.3) is 11.0 Å². The fraction of sp³-hybridized carbons (Fsp3) is 0.500. The summed E-state index contributed by atoms with van der Waals surface area (Å²) >= 11 is 0. The normalized spacial score (nSPS) is 16.9. The third kappa shape index (κ3) is 2.84. The van der Waals surface area contributed by atoms with Gasteiger partial charge in [0, 0.05) is 13.1 Å². The smallest absolute Gasteiger partial charge is 0.242 e. The topological polar surface area (TPSA) is 67.6 Å². The van der Waals surface area contributed by atoms with Crippen molar-refractivity contribution < 1.29 is 14.6 Å². The standard InChI is InChI=1S/C16H21N3O3/c1-2-14(20)16-17-12-5-3-4-6-13(12)19(16)11-15(21)18-7-9-22-10-8-18/h3-6,14,20H,2,7-11H2,1H3/t14-/m0/s1. The van der Waals surface area contributed by atoms with Gasteiger partial charge in [0.2, 0.25) is 5.91 Å². The number of hydrogen-bond acceptors (Lipinski definition) is 4. The fourth-order valence-corrected chi connectivity index (χ4v) is 2.75. The molecule has 6 nitrogen and oxygen atoms in total. The lowest BCUT2D eigenvalue weighted by Crippen LogP contribution is -2.42. The average Bonchev–Trinajstić information content (AvgIpc) is 2.93. The number of carbonyl (C=O) groups is 1. The number of para-hydroxylation sites is 2. The van der Waals surface area contributed by atoms with Crippen molar-refractivity contribution in [3.8, 4) is 0 Å². The van der Waals surface area contributed by atoms with Gasteiger partial charge in [-0.3, -0.25) is 4.79 Å². The lowest BCUT2D eigenvalue weighted by atomic mass is 10.2. The summed E-state index contributed by atoms with van der Waals surface area (Å²) in [5, 5.41) is 10.2. The monoisotopic (exact) mass is 303 g/mol. The molecule has 1 aromatic heterocycles. The van der Waals surface area contributed by atoms with Crippen molar-refractivity contribution in [2.24, 2.45) is 0 Å². The maximum absolute atomic E-state index is 12.5. The van der Waals surface area contributed by atoms with Crippen LogP contribution in [0.5, 0.6) is 0 Å². The van der Waals surface area contributed by atoms with E-state index in [-0.39, 0.29) is 12.5 Å². The molecule has 1 aliphatic heterocycles. The third-order valence-corrected chi connectivity index (χ3v) is 4.03. The van der Waals surface area contributed by atoms with E-state index in [9.17, 15) is 9.90 Å². The van der Waals surface area contributed by atoms with Gasteiger partial charge in [0.05, 0.1) is 24.2 Å². The first-order chi connectivity index (χ1) is 10.7. The first-order valence-electron chi connectivity index (χ1n) is 7.69. The van der Waals surface area contributed by atoms with Crippen molar-refractivity contribution in [1.82, 2.24) is 14.5 Å². The lowest BCUT2D eigenvalue weighted by Gasteiger charge is -2.27. The van der Waals surface area contributed by atoms with Crippen LogP contribution in [0.2, 0.25) is 0 Å². The maximum atomic E-state index is 12.5. The number of fused-ring (bicyclic) bond motifs is 1. The lowest BCUT2D eigenvalue weighted by molar-refractivity contribution is -0.135. The molecule has 0 bridgehead atoms. The van der Waals surface area contributed by atoms with E-state index in [0.29, 0.717) is 38.5 Å². The number of amides is 1. The van der Waals surface area contributed by atoms with E-state index < -0.39 is 6.10 Å². The predicted molar refractivity (Wildman–Crippen MR) is 82.4 cm³/mol. The van der Waals surface area contributed by atoms with E-state index in [0.717, 1.165) is 11.0 Å². The van der Waals surface area contributed by atoms with Gasteiger partial charge < -0.3 is 19.3 Å². The minimum absolute atomic E-state index is 0.0380. The molecule has 1 amide bonds. The third-order valence-electron chi connectivity index (χ3n) is 4.03. The first kappa shape index (κ1) is 15.0. The zero-order chi connectivity index (χ0) is 15.5. The number of aromatic nitrogens is 2. The number of benzene rings is 1. The highest BCUT2D eigenvalue weighted by molar-refractivity contribution is 5.81. The van der Waals surface area contributed by atoms with Gasteiger partial charge >= 0.3 is 0 Å². The number of nitrogens with zero attached hydrogens (tertiary/aromatic N) is 3. The van der Waals surface area contributed by atoms with E-state index in [4.69, 9.17) is 4.74 Å². The Bertz CT molecular complexity index is 662. The molecule has 3 rings (SSSR count). The molecule has 0 saturated carbocycles. The molecular formula is C16H21N3O3. The Kier molecular flexibility index (Phi) is 4.40. The predicted octanol–water partition coefficient (Wildman–Crippen LogP) is 1.34. The SMILES string of the molecule is CC[C@H](O)c1nc2ccccc2n1CC(=O)N1CCOCC1. The molecule has 1 fully saturated rings. The Labute approximate surface area is 129 Å². The molecule has 22 heavy (non-hydrogen) atoms. The first-order valence-corrected chi connectivity index (χ1v) is 7.69. The second-order valence-electron chi connectivity index (χ2n) is 5.46. The molecule has 0 aliphatic carbocycles. The van der Waals surface area contributed by atoms with E-state index in [1.165, 1.54) is 0 Å². The highest BCUT2D eigenvalue weighted by Crippen LogP contribution is 2.22. The van der Waals surface area contributed by atoms with Gasteiger partial charge in [0.25, 0.3) is 0 Å². The highest BCUT2D eigenvalue weighted by Gasteiger charge is 2.22. The number of ether oxygens (including phenoxy) is 1. The molecule has 6 heteroatoms. The Morgan fingerprint density at radius 2 is 2.09 bits per heavy atom. The number of aliphatic hydroxyl groups is 1. The van der Waals surface area contributed by atoms with Crippen LogP contribution >= 0.6 is 0 Å². The van der Waals surface area contributed by atoms with Gasteiger partial charge in [0.15, 0.2) is 0 Å². The van der Waals surface area contributed by atoms with Crippen LogP contribution in [0.3, 0.4) is 0 Å². The van der Waals surface area contributed by atoms with Gasteiger partial charge in [-0.25, -0.2) is 4.98 Å². The molecule has 1 aromatic carbocycles. The van der Waals surface area contributed by atoms with Crippen molar-refractivity contribution in [2.45, 2.75) is 26.0 Å². The minimum atomic E-state index is -0.662. The van der Waals surface area contributed by atoms with E-state index in [2.05, 4.69) is 4.98 Å². The molecule has 0 unspecified atom stereocenters. The summed E-state index contributed by atoms with van der Waals surface area (Å²) in [6.45, 7) is 4.51. The van der Waals surface area contributed by atoms with E-state index in [1.807, 2.05) is 35.8 Å². The molecule has 1 N–H and O–H groups in total. The van der Waals surface area contributed by atoms with Crippen molar-refractivity contribution in [3.05, 3.63) is 30.1 Å². The molecule has 1 atom stereocenters. The van der Waals surface area contributed by atoms with Crippen LogP contribution in [-0.2, 0) is 16.1 Å². The summed E-state index contributed by atoms with van der Waals surface area (Å²) in [5.41, 5.74) is 1.69. The summed E-state index contributed by atoms with van der Waals surface area (Å²) in [7, 11) is 0. The van der Waals surface area contributed by atoms with Crippen LogP contribution in [0.15, 0.2) is 24.3 Å². The molecular weight excluding hydrogens is 282 g/mol. The number of morpholine rings is 1. The van der Waals surface area contributed by atoms with Crippen LogP contribution < -0.4 is 0 Å². The minimum Gasteiger partial charge on any atom is -0.385 e. The van der Waals surface area contributed by atoms with Gasteiger partial charge in [-0.1, -0.05) is 19.1 Å². The fourth-order valence-electron chi connectivity index (χ4n) is 2.75. The van der Waals surface area contributed by atoms with Crippen LogP contribution in [-0.4, -0.2) is 51.8 Å². The Hall–Kier alpha value is -1.92. The molecule has 2 heterocycles. The van der Waals surface area contributed by atoms with Crippen LogP contribution in [0.1, 0.15) is 25.3 Å². The summed E-state index contributed by atoms with van der Waals surface area (Å²) in [5.74, 6) is 0.598. The van der Waals surface area contributed by atoms with Crippen LogP contribution in [0.4, 0.5) is 0 Å². The molecule has 1 aliphatic rings. The summed E-state index contributed by atoms with van der Waals surface area (Å²) < 4.78 is 7.12. The molecule has 118 valence electrons. The maximum Gasteiger partial charge on any atom is 0.242 e. The van der Waals surface area contributed by atoms with E-state index >= 15 is 0 Å². The van der Waals surface area contributed by atoms with Crippen molar-refractivity contribution in [2.75, 3.05) is 26.3 Å². The Morgan fingerprint density at radius 3 is 2.82 bits per heavy atom. The second kappa shape index (κ2) is 6.46. The Balaban J connectivity index is 1.92. The van der Waals surface area contributed by atoms with Crippen LogP contribution in [0, 0.1) is 0 Å². The highest BCUT2D eigenvalue weighted by atomic mass is 16.5. The zero-order valence-electron chi connectivity index (χ0n) is 12.7. The molecule has 1 saturated heterocycles. The van der Waals surface area contributed by atoms with Gasteiger partial charge in [0.1, 0.15) is 18.5 Å². The Morgan fingerprint density at radius 1 is 1.36 bits per heavy atom. The number of hydrogen-bond donors (Lipinski definition) is 1. The molecule has 0 radical (unpaired) electrons. The van der Waals surface area contributed by atoms with Gasteiger partial charge in [-0.05, 0) is 18.6 Å². The van der Waals surface area contributed by atoms with Gasteiger partial charge in [-0.2, -0.15) is 0 Å². The van der Waals surface area contributed by atoms with Crippen molar-refractivity contribution in [1.29, 1.82) is 0 Å².